The fourth-order valence-corrected chi connectivity index (χ4v) is 3.18. The van der Waals surface area contributed by atoms with Gasteiger partial charge >= 0.3 is 0 Å². The van der Waals surface area contributed by atoms with Gasteiger partial charge in [-0.3, -0.25) is 4.79 Å². The molecular weight excluding hydrogens is 370 g/mol. The van der Waals surface area contributed by atoms with E-state index in [-0.39, 0.29) is 12.5 Å². The van der Waals surface area contributed by atoms with Crippen LogP contribution in [0.1, 0.15) is 5.56 Å². The fourth-order valence-electron chi connectivity index (χ4n) is 3.18. The molecule has 29 heavy (non-hydrogen) atoms. The lowest BCUT2D eigenvalue weighted by Crippen LogP contribution is -2.39. The van der Waals surface area contributed by atoms with Crippen LogP contribution >= 0.6 is 0 Å². The third-order valence-corrected chi connectivity index (χ3v) is 4.70. The van der Waals surface area contributed by atoms with Crippen molar-refractivity contribution in [3.63, 3.8) is 0 Å². The van der Waals surface area contributed by atoms with Gasteiger partial charge in [0.05, 0.1) is 38.3 Å². The van der Waals surface area contributed by atoms with Crippen LogP contribution < -0.4 is 10.1 Å². The molecule has 3 aromatic rings. The second-order valence-electron chi connectivity index (χ2n) is 6.82. The number of amides is 1. The van der Waals surface area contributed by atoms with Crippen LogP contribution in [0.25, 0.3) is 16.9 Å². The van der Waals surface area contributed by atoms with Crippen LogP contribution in [-0.2, 0) is 14.3 Å². The molecule has 1 atom stereocenters. The Labute approximate surface area is 169 Å². The summed E-state index contributed by atoms with van der Waals surface area (Å²) in [5.74, 6) is 1.09. The normalized spacial score (nSPS) is 16.4. The zero-order valence-electron chi connectivity index (χ0n) is 16.4. The first kappa shape index (κ1) is 19.2. The van der Waals surface area contributed by atoms with Gasteiger partial charge in [-0.05, 0) is 48.9 Å². The largest absolute Gasteiger partial charge is 0.497 e. The van der Waals surface area contributed by atoms with Gasteiger partial charge in [-0.2, -0.15) is 5.10 Å². The smallest absolute Gasteiger partial charge is 0.257 e. The Morgan fingerprint density at radius 2 is 2.00 bits per heavy atom. The third kappa shape index (κ3) is 4.31. The summed E-state index contributed by atoms with van der Waals surface area (Å²) in [4.78, 5) is 12.7. The molecule has 0 aliphatic carbocycles. The minimum absolute atomic E-state index is 0.246. The molecule has 0 unspecified atom stereocenters. The second kappa shape index (κ2) is 8.46. The van der Waals surface area contributed by atoms with E-state index in [1.165, 1.54) is 0 Å². The van der Waals surface area contributed by atoms with E-state index in [1.807, 2.05) is 61.5 Å². The number of methoxy groups -OCH3 is 1. The standard InChI is InChI=1S/C22H23N3O4/c1-15-4-3-5-17(12-15)25-21(23-22(26)20-14-28-10-11-29-20)13-19(24-25)16-6-8-18(27-2)9-7-16/h3-9,12-13,20H,10-11,14H2,1-2H3,(H,23,26)/t20-/m0/s1. The summed E-state index contributed by atoms with van der Waals surface area (Å²) in [7, 11) is 1.63. The minimum atomic E-state index is -0.631. The molecular formula is C22H23N3O4. The maximum atomic E-state index is 12.7. The molecule has 7 nitrogen and oxygen atoms in total. The lowest BCUT2D eigenvalue weighted by atomic mass is 10.1. The summed E-state index contributed by atoms with van der Waals surface area (Å²) >= 11 is 0. The number of anilines is 1. The van der Waals surface area contributed by atoms with Crippen molar-refractivity contribution in [1.82, 2.24) is 9.78 Å². The number of ether oxygens (including phenoxy) is 3. The lowest BCUT2D eigenvalue weighted by Gasteiger charge is -2.22. The van der Waals surface area contributed by atoms with Crippen LogP contribution in [0.15, 0.2) is 54.6 Å². The summed E-state index contributed by atoms with van der Waals surface area (Å²) in [5, 5.41) is 7.68. The zero-order valence-corrected chi connectivity index (χ0v) is 16.4. The molecule has 1 N–H and O–H groups in total. The molecule has 1 saturated heterocycles. The number of aromatic nitrogens is 2. The van der Waals surface area contributed by atoms with Crippen LogP contribution in [0, 0.1) is 6.92 Å². The van der Waals surface area contributed by atoms with E-state index in [4.69, 9.17) is 19.3 Å². The lowest BCUT2D eigenvalue weighted by molar-refractivity contribution is -0.142. The summed E-state index contributed by atoms with van der Waals surface area (Å²) in [6, 6.07) is 17.4. The summed E-state index contributed by atoms with van der Waals surface area (Å²) in [6.45, 7) is 3.18. The van der Waals surface area contributed by atoms with Gasteiger partial charge in [-0.1, -0.05) is 12.1 Å². The maximum Gasteiger partial charge on any atom is 0.257 e. The van der Waals surface area contributed by atoms with Gasteiger partial charge in [0, 0.05) is 11.6 Å². The molecule has 1 aliphatic rings. The SMILES string of the molecule is COc1ccc(-c2cc(NC(=O)[C@@H]3COCCO3)n(-c3cccc(C)c3)n2)cc1. The number of hydrogen-bond acceptors (Lipinski definition) is 5. The Morgan fingerprint density at radius 3 is 2.69 bits per heavy atom. The highest BCUT2D eigenvalue weighted by Crippen LogP contribution is 2.27. The van der Waals surface area contributed by atoms with Gasteiger partial charge in [-0.15, -0.1) is 0 Å². The van der Waals surface area contributed by atoms with E-state index in [0.29, 0.717) is 19.0 Å². The summed E-state index contributed by atoms with van der Waals surface area (Å²) < 4.78 is 17.8. The van der Waals surface area contributed by atoms with E-state index in [1.54, 1.807) is 11.8 Å². The van der Waals surface area contributed by atoms with Crippen LogP contribution in [-0.4, -0.2) is 48.7 Å². The van der Waals surface area contributed by atoms with Crippen molar-refractivity contribution in [2.75, 3.05) is 32.2 Å². The first-order valence-corrected chi connectivity index (χ1v) is 9.46. The first-order valence-electron chi connectivity index (χ1n) is 9.46. The van der Waals surface area contributed by atoms with Gasteiger partial charge in [0.1, 0.15) is 11.6 Å². The number of carbonyl (C=O) groups is 1. The van der Waals surface area contributed by atoms with Crippen molar-refractivity contribution in [2.45, 2.75) is 13.0 Å². The Bertz CT molecular complexity index is 992. The van der Waals surface area contributed by atoms with E-state index in [2.05, 4.69) is 5.32 Å². The molecule has 2 heterocycles. The summed E-state index contributed by atoms with van der Waals surface area (Å²) in [6.07, 6.45) is -0.631. The molecule has 1 aromatic heterocycles. The maximum absolute atomic E-state index is 12.7. The molecule has 0 spiro atoms. The van der Waals surface area contributed by atoms with Crippen molar-refractivity contribution >= 4 is 11.7 Å². The number of benzene rings is 2. The number of aryl methyl sites for hydroxylation is 1. The molecule has 1 aliphatic heterocycles. The van der Waals surface area contributed by atoms with Crippen molar-refractivity contribution < 1.29 is 19.0 Å². The molecule has 150 valence electrons. The fraction of sp³-hybridized carbons (Fsp3) is 0.273. The number of hydrogen-bond donors (Lipinski definition) is 1. The second-order valence-corrected chi connectivity index (χ2v) is 6.82. The van der Waals surface area contributed by atoms with E-state index in [9.17, 15) is 4.79 Å². The molecule has 4 rings (SSSR count). The Balaban J connectivity index is 1.69. The topological polar surface area (TPSA) is 74.6 Å². The van der Waals surface area contributed by atoms with Gasteiger partial charge in [-0.25, -0.2) is 4.68 Å². The molecule has 1 amide bonds. The zero-order chi connectivity index (χ0) is 20.2. The van der Waals surface area contributed by atoms with Crippen LogP contribution in [0.4, 0.5) is 5.82 Å². The third-order valence-electron chi connectivity index (χ3n) is 4.70. The molecule has 1 fully saturated rings. The minimum Gasteiger partial charge on any atom is -0.497 e. The van der Waals surface area contributed by atoms with Gasteiger partial charge in [0.25, 0.3) is 5.91 Å². The van der Waals surface area contributed by atoms with Crippen LogP contribution in [0.3, 0.4) is 0 Å². The number of nitrogens with zero attached hydrogens (tertiary/aromatic N) is 2. The highest BCUT2D eigenvalue weighted by atomic mass is 16.6. The molecule has 0 saturated carbocycles. The van der Waals surface area contributed by atoms with Crippen LogP contribution in [0.2, 0.25) is 0 Å². The van der Waals surface area contributed by atoms with E-state index in [0.717, 1.165) is 28.3 Å². The number of nitrogens with one attached hydrogen (secondary N) is 1. The average molecular weight is 393 g/mol. The quantitative estimate of drug-likeness (QED) is 0.721. The highest BCUT2D eigenvalue weighted by Gasteiger charge is 2.24. The Kier molecular flexibility index (Phi) is 5.59. The van der Waals surface area contributed by atoms with Crippen molar-refractivity contribution in [3.05, 3.63) is 60.2 Å². The molecule has 2 aromatic carbocycles. The number of rotatable bonds is 5. The Hall–Kier alpha value is -3.16. The molecule has 0 bridgehead atoms. The molecule has 7 heteroatoms. The van der Waals surface area contributed by atoms with E-state index < -0.39 is 6.10 Å². The average Bonchev–Trinajstić information content (AvgIpc) is 3.18. The van der Waals surface area contributed by atoms with E-state index >= 15 is 0 Å². The van der Waals surface area contributed by atoms with Crippen molar-refractivity contribution in [1.29, 1.82) is 0 Å². The van der Waals surface area contributed by atoms with Gasteiger partial charge < -0.3 is 19.5 Å². The monoisotopic (exact) mass is 393 g/mol. The van der Waals surface area contributed by atoms with Gasteiger partial charge in [0.15, 0.2) is 6.10 Å². The van der Waals surface area contributed by atoms with Crippen LogP contribution in [0.5, 0.6) is 5.75 Å². The predicted octanol–water partition coefficient (Wildman–Crippen LogP) is 3.21. The van der Waals surface area contributed by atoms with Crippen molar-refractivity contribution in [2.24, 2.45) is 0 Å². The Morgan fingerprint density at radius 1 is 1.17 bits per heavy atom. The number of carbonyl (C=O) groups excluding carboxylic acids is 1. The first-order chi connectivity index (χ1) is 14.1. The van der Waals surface area contributed by atoms with Gasteiger partial charge in [0.2, 0.25) is 0 Å². The highest BCUT2D eigenvalue weighted by molar-refractivity contribution is 5.94. The van der Waals surface area contributed by atoms with Crippen molar-refractivity contribution in [3.8, 4) is 22.7 Å². The molecule has 0 radical (unpaired) electrons. The summed E-state index contributed by atoms with van der Waals surface area (Å²) in [5.41, 5.74) is 3.63. The predicted molar refractivity (Wildman–Crippen MR) is 109 cm³/mol.